The molecule has 0 unspecified atom stereocenters. The van der Waals surface area contributed by atoms with E-state index < -0.39 is 10.0 Å². The molecule has 0 fully saturated rings. The Hall–Kier alpha value is 0.420. The van der Waals surface area contributed by atoms with Gasteiger partial charge >= 0.3 is 29.6 Å². The van der Waals surface area contributed by atoms with Crippen LogP contribution in [0, 0.1) is 0 Å². The average molecular weight is 215 g/mol. The van der Waals surface area contributed by atoms with Crippen LogP contribution >= 0.6 is 11.8 Å². The first-order valence-electron chi connectivity index (χ1n) is 2.84. The van der Waals surface area contributed by atoms with Gasteiger partial charge in [0.2, 0.25) is 0 Å². The summed E-state index contributed by atoms with van der Waals surface area (Å²) in [4.78, 5) is 0.162. The second-order valence-corrected chi connectivity index (χ2v) is 3.99. The van der Waals surface area contributed by atoms with Crippen molar-refractivity contribution < 1.29 is 38.0 Å². The van der Waals surface area contributed by atoms with E-state index in [2.05, 4.69) is 0 Å². The van der Waals surface area contributed by atoms with Crippen molar-refractivity contribution in [2.75, 3.05) is 0 Å². The average Bonchev–Trinajstić information content (AvgIpc) is 2.06. The summed E-state index contributed by atoms with van der Waals surface area (Å²) in [6.07, 6.45) is 0. The van der Waals surface area contributed by atoms with Crippen LogP contribution in [0.4, 0.5) is 0 Å². The van der Waals surface area contributed by atoms with Gasteiger partial charge in [-0.25, -0.2) is 8.42 Å². The van der Waals surface area contributed by atoms with Crippen molar-refractivity contribution in [1.29, 1.82) is 0 Å². The van der Waals surface area contributed by atoms with Gasteiger partial charge in [0.25, 0.3) is 10.0 Å². The van der Waals surface area contributed by atoms with Gasteiger partial charge in [0.1, 0.15) is 0 Å². The summed E-state index contributed by atoms with van der Waals surface area (Å²) in [6, 6.07) is 7.91. The Kier molecular flexibility index (Phi) is 5.40. The van der Waals surface area contributed by atoms with E-state index in [0.717, 1.165) is 0 Å². The SMILES string of the molecule is O=S(=O)(NCl)c1ccccc1.[Na+]. The van der Waals surface area contributed by atoms with Gasteiger partial charge in [-0.05, 0) is 23.9 Å². The Morgan fingerprint density at radius 3 is 2.08 bits per heavy atom. The summed E-state index contributed by atoms with van der Waals surface area (Å²) < 4.78 is 23.6. The minimum absolute atomic E-state index is 0. The zero-order valence-corrected chi connectivity index (χ0v) is 10.1. The van der Waals surface area contributed by atoms with Gasteiger partial charge < -0.3 is 0 Å². The summed E-state index contributed by atoms with van der Waals surface area (Å²) >= 11 is 4.99. The van der Waals surface area contributed by atoms with Crippen molar-refractivity contribution in [1.82, 2.24) is 4.24 Å². The van der Waals surface area contributed by atoms with Crippen molar-refractivity contribution >= 4 is 21.8 Å². The van der Waals surface area contributed by atoms with Crippen LogP contribution in [0.3, 0.4) is 0 Å². The zero-order chi connectivity index (χ0) is 8.32. The summed E-state index contributed by atoms with van der Waals surface area (Å²) in [5.41, 5.74) is 0. The Bertz CT molecular complexity index is 327. The van der Waals surface area contributed by atoms with E-state index in [4.69, 9.17) is 11.8 Å². The van der Waals surface area contributed by atoms with Crippen LogP contribution in [0.5, 0.6) is 0 Å². The normalized spacial score (nSPS) is 10.4. The third-order valence-corrected chi connectivity index (χ3v) is 2.86. The molecule has 0 aliphatic rings. The number of benzene rings is 1. The third kappa shape index (κ3) is 3.05. The van der Waals surface area contributed by atoms with Crippen LogP contribution in [0.1, 0.15) is 0 Å². The molecule has 0 radical (unpaired) electrons. The fourth-order valence-electron chi connectivity index (χ4n) is 0.644. The number of rotatable bonds is 2. The monoisotopic (exact) mass is 214 g/mol. The van der Waals surface area contributed by atoms with E-state index in [1.807, 2.05) is 0 Å². The van der Waals surface area contributed by atoms with Crippen molar-refractivity contribution in [2.45, 2.75) is 4.90 Å². The van der Waals surface area contributed by atoms with Crippen molar-refractivity contribution in [3.63, 3.8) is 0 Å². The molecule has 12 heavy (non-hydrogen) atoms. The maximum atomic E-state index is 11.0. The van der Waals surface area contributed by atoms with Crippen LogP contribution in [0.15, 0.2) is 35.2 Å². The standard InChI is InChI=1S/C6H6ClNO2S.Na/c7-8-11(9,10)6-4-2-1-3-5-6;/h1-5,8H;/q;+1. The predicted octanol–water partition coefficient (Wildman–Crippen LogP) is -1.88. The van der Waals surface area contributed by atoms with Gasteiger partial charge in [-0.1, -0.05) is 18.2 Å². The number of sulfonamides is 1. The minimum atomic E-state index is -3.48. The third-order valence-electron chi connectivity index (χ3n) is 1.16. The molecule has 0 saturated heterocycles. The van der Waals surface area contributed by atoms with Crippen LogP contribution in [0.25, 0.3) is 0 Å². The molecule has 0 atom stereocenters. The molecule has 1 aromatic carbocycles. The number of halogens is 1. The molecule has 0 aliphatic heterocycles. The van der Waals surface area contributed by atoms with Gasteiger partial charge in [0, 0.05) is 0 Å². The van der Waals surface area contributed by atoms with Crippen molar-refractivity contribution in [3.8, 4) is 0 Å². The molecule has 0 aliphatic carbocycles. The number of hydrogen-bond acceptors (Lipinski definition) is 2. The van der Waals surface area contributed by atoms with Gasteiger partial charge in [0.15, 0.2) is 0 Å². The number of nitrogens with one attached hydrogen (secondary N) is 1. The molecule has 0 aromatic heterocycles. The summed E-state index contributed by atoms with van der Waals surface area (Å²) in [6.45, 7) is 0. The van der Waals surface area contributed by atoms with Gasteiger partial charge in [-0.3, -0.25) is 0 Å². The predicted molar refractivity (Wildman–Crippen MR) is 42.6 cm³/mol. The van der Waals surface area contributed by atoms with Gasteiger partial charge in [0.05, 0.1) is 4.90 Å². The molecule has 3 nitrogen and oxygen atoms in total. The molecule has 0 heterocycles. The molecule has 0 bridgehead atoms. The molecular formula is C6H6ClNNaO2S+. The first-order valence-corrected chi connectivity index (χ1v) is 4.70. The zero-order valence-electron chi connectivity index (χ0n) is 6.49. The first-order chi connectivity index (χ1) is 5.17. The molecule has 1 aromatic rings. The van der Waals surface area contributed by atoms with Crippen LogP contribution in [-0.2, 0) is 10.0 Å². The Morgan fingerprint density at radius 1 is 1.17 bits per heavy atom. The Labute approximate surface area is 98.6 Å². The number of hydrogen-bond donors (Lipinski definition) is 1. The second kappa shape index (κ2) is 5.21. The van der Waals surface area contributed by atoms with Gasteiger partial charge in [-0.2, -0.15) is 0 Å². The molecule has 1 N–H and O–H groups in total. The van der Waals surface area contributed by atoms with Crippen molar-refractivity contribution in [2.24, 2.45) is 0 Å². The first kappa shape index (κ1) is 12.4. The molecule has 60 valence electrons. The molecular weight excluding hydrogens is 209 g/mol. The van der Waals surface area contributed by atoms with E-state index in [0.29, 0.717) is 0 Å². The molecule has 6 heteroatoms. The Balaban J connectivity index is 0.00000121. The van der Waals surface area contributed by atoms with Crippen molar-refractivity contribution in [3.05, 3.63) is 30.3 Å². The second-order valence-electron chi connectivity index (χ2n) is 1.89. The maximum Gasteiger partial charge on any atom is 1.00 e. The van der Waals surface area contributed by atoms with Gasteiger partial charge in [-0.15, -0.1) is 4.24 Å². The van der Waals surface area contributed by atoms with E-state index in [9.17, 15) is 8.42 Å². The van der Waals surface area contributed by atoms with Crippen LogP contribution in [-0.4, -0.2) is 8.42 Å². The van der Waals surface area contributed by atoms with E-state index in [1.165, 1.54) is 12.1 Å². The molecule has 0 spiro atoms. The quantitative estimate of drug-likeness (QED) is 0.463. The minimum Gasteiger partial charge on any atom is -0.206 e. The fraction of sp³-hybridized carbons (Fsp3) is 0. The summed E-state index contributed by atoms with van der Waals surface area (Å²) in [5, 5.41) is 0. The topological polar surface area (TPSA) is 46.2 Å². The summed E-state index contributed by atoms with van der Waals surface area (Å²) in [7, 11) is -3.48. The fourth-order valence-corrected chi connectivity index (χ4v) is 1.52. The van der Waals surface area contributed by atoms with E-state index >= 15 is 0 Å². The van der Waals surface area contributed by atoms with E-state index in [1.54, 1.807) is 22.4 Å². The largest absolute Gasteiger partial charge is 1.00 e. The Morgan fingerprint density at radius 2 is 1.67 bits per heavy atom. The molecule has 1 rings (SSSR count). The molecule has 0 amide bonds. The molecule has 0 saturated carbocycles. The summed E-state index contributed by atoms with van der Waals surface area (Å²) in [5.74, 6) is 0. The smallest absolute Gasteiger partial charge is 0.206 e. The van der Waals surface area contributed by atoms with E-state index in [-0.39, 0.29) is 34.5 Å². The maximum absolute atomic E-state index is 11.0. The van der Waals surface area contributed by atoms with Crippen LogP contribution < -0.4 is 33.8 Å². The van der Waals surface area contributed by atoms with Crippen LogP contribution in [0.2, 0.25) is 0 Å².